The zero-order valence-electron chi connectivity index (χ0n) is 9.62. The van der Waals surface area contributed by atoms with Gasteiger partial charge in [0, 0.05) is 6.20 Å². The van der Waals surface area contributed by atoms with Gasteiger partial charge in [0.25, 0.3) is 0 Å². The van der Waals surface area contributed by atoms with Crippen LogP contribution in [0.5, 0.6) is 0 Å². The molecule has 0 bridgehead atoms. The summed E-state index contributed by atoms with van der Waals surface area (Å²) in [4.78, 5) is 5.23. The lowest BCUT2D eigenvalue weighted by atomic mass is 10.2. The second-order valence-electron chi connectivity index (χ2n) is 3.83. The smallest absolute Gasteiger partial charge is 0.200 e. The zero-order valence-corrected chi connectivity index (χ0v) is 11.3. The number of aromatic amines is 1. The standard InChI is InChI=1S/C12H10N4S2/c1-8-4-5-13-7-9(8)16-11(14-15-12(16)17)10-3-2-6-18-10/h2-7H,1H3,(H,15,17). The van der Waals surface area contributed by atoms with Gasteiger partial charge in [-0.15, -0.1) is 11.3 Å². The quantitative estimate of drug-likeness (QED) is 0.729. The summed E-state index contributed by atoms with van der Waals surface area (Å²) >= 11 is 6.94. The molecule has 0 aliphatic carbocycles. The number of aromatic nitrogens is 4. The number of pyridine rings is 1. The van der Waals surface area contributed by atoms with E-state index in [-0.39, 0.29) is 0 Å². The Morgan fingerprint density at radius 2 is 2.28 bits per heavy atom. The Kier molecular flexibility index (Phi) is 2.81. The van der Waals surface area contributed by atoms with Crippen molar-refractivity contribution in [3.63, 3.8) is 0 Å². The fourth-order valence-electron chi connectivity index (χ4n) is 1.78. The summed E-state index contributed by atoms with van der Waals surface area (Å²) in [6.07, 6.45) is 3.57. The van der Waals surface area contributed by atoms with Crippen LogP contribution in [0, 0.1) is 11.7 Å². The third kappa shape index (κ3) is 1.79. The van der Waals surface area contributed by atoms with E-state index in [1.165, 1.54) is 0 Å². The van der Waals surface area contributed by atoms with Crippen LogP contribution in [0.1, 0.15) is 5.56 Å². The highest BCUT2D eigenvalue weighted by molar-refractivity contribution is 7.71. The van der Waals surface area contributed by atoms with Crippen molar-refractivity contribution in [2.75, 3.05) is 0 Å². The number of thiophene rings is 1. The molecule has 0 fully saturated rings. The van der Waals surface area contributed by atoms with E-state index in [0.717, 1.165) is 22.0 Å². The molecule has 0 saturated carbocycles. The van der Waals surface area contributed by atoms with Crippen LogP contribution < -0.4 is 0 Å². The first-order valence-electron chi connectivity index (χ1n) is 5.39. The molecule has 0 aliphatic rings. The highest BCUT2D eigenvalue weighted by atomic mass is 32.1. The van der Waals surface area contributed by atoms with Crippen molar-refractivity contribution in [3.05, 3.63) is 46.3 Å². The third-order valence-electron chi connectivity index (χ3n) is 2.67. The Balaban J connectivity index is 2.28. The van der Waals surface area contributed by atoms with Gasteiger partial charge in [0.1, 0.15) is 0 Å². The molecule has 0 spiro atoms. The summed E-state index contributed by atoms with van der Waals surface area (Å²) < 4.78 is 2.50. The Bertz CT molecular complexity index is 725. The van der Waals surface area contributed by atoms with Crippen LogP contribution in [0.2, 0.25) is 0 Å². The van der Waals surface area contributed by atoms with Gasteiger partial charge in [-0.1, -0.05) is 6.07 Å². The molecule has 3 heterocycles. The second-order valence-corrected chi connectivity index (χ2v) is 5.16. The Morgan fingerprint density at radius 1 is 1.39 bits per heavy atom. The van der Waals surface area contributed by atoms with Crippen LogP contribution in [0.15, 0.2) is 36.0 Å². The molecule has 3 aromatic rings. The molecule has 0 atom stereocenters. The maximum Gasteiger partial charge on any atom is 0.200 e. The number of nitrogens with one attached hydrogen (secondary N) is 1. The third-order valence-corrected chi connectivity index (χ3v) is 3.81. The van der Waals surface area contributed by atoms with Gasteiger partial charge >= 0.3 is 0 Å². The van der Waals surface area contributed by atoms with Crippen LogP contribution >= 0.6 is 23.6 Å². The van der Waals surface area contributed by atoms with Crippen molar-refractivity contribution >= 4 is 23.6 Å². The molecule has 4 nitrogen and oxygen atoms in total. The van der Waals surface area contributed by atoms with Crippen molar-refractivity contribution in [3.8, 4) is 16.4 Å². The van der Waals surface area contributed by atoms with E-state index < -0.39 is 0 Å². The maximum atomic E-state index is 5.31. The molecule has 0 aromatic carbocycles. The van der Waals surface area contributed by atoms with Crippen molar-refractivity contribution in [1.82, 2.24) is 19.7 Å². The van der Waals surface area contributed by atoms with Crippen molar-refractivity contribution in [2.45, 2.75) is 6.92 Å². The SMILES string of the molecule is Cc1ccncc1-n1c(-c2cccs2)n[nH]c1=S. The number of rotatable bonds is 2. The predicted molar refractivity (Wildman–Crippen MR) is 74.6 cm³/mol. The van der Waals surface area contributed by atoms with Gasteiger partial charge in [0.15, 0.2) is 10.6 Å². The molecule has 6 heteroatoms. The summed E-state index contributed by atoms with van der Waals surface area (Å²) in [7, 11) is 0. The lowest BCUT2D eigenvalue weighted by Gasteiger charge is -2.07. The van der Waals surface area contributed by atoms with E-state index in [2.05, 4.69) is 15.2 Å². The average Bonchev–Trinajstić information content (AvgIpc) is 2.99. The number of hydrogen-bond acceptors (Lipinski definition) is 4. The van der Waals surface area contributed by atoms with Gasteiger partial charge in [0.05, 0.1) is 16.8 Å². The molecule has 0 aliphatic heterocycles. The Morgan fingerprint density at radius 3 is 3.00 bits per heavy atom. The molecule has 0 radical (unpaired) electrons. The van der Waals surface area contributed by atoms with Crippen LogP contribution in [-0.4, -0.2) is 19.7 Å². The summed E-state index contributed by atoms with van der Waals surface area (Å²) in [6, 6.07) is 5.98. The fourth-order valence-corrected chi connectivity index (χ4v) is 2.71. The topological polar surface area (TPSA) is 46.5 Å². The molecule has 90 valence electrons. The van der Waals surface area contributed by atoms with E-state index >= 15 is 0 Å². The second kappa shape index (κ2) is 4.47. The first-order valence-corrected chi connectivity index (χ1v) is 6.68. The average molecular weight is 274 g/mol. The number of aryl methyl sites for hydroxylation is 1. The molecule has 0 amide bonds. The molecular weight excluding hydrogens is 264 g/mol. The first-order chi connectivity index (χ1) is 8.77. The summed E-state index contributed by atoms with van der Waals surface area (Å²) in [5.41, 5.74) is 2.07. The van der Waals surface area contributed by atoms with Gasteiger partial charge in [-0.25, -0.2) is 0 Å². The van der Waals surface area contributed by atoms with Crippen LogP contribution in [0.4, 0.5) is 0 Å². The van der Waals surface area contributed by atoms with E-state index in [0.29, 0.717) is 4.77 Å². The minimum Gasteiger partial charge on any atom is -0.266 e. The molecule has 3 aromatic heterocycles. The van der Waals surface area contributed by atoms with Gasteiger partial charge in [0.2, 0.25) is 0 Å². The zero-order chi connectivity index (χ0) is 12.5. The van der Waals surface area contributed by atoms with E-state index in [1.54, 1.807) is 23.7 Å². The maximum absolute atomic E-state index is 5.31. The Labute approximate surface area is 113 Å². The molecule has 1 N–H and O–H groups in total. The Hall–Kier alpha value is -1.79. The molecule has 0 unspecified atom stereocenters. The number of H-pyrrole nitrogens is 1. The van der Waals surface area contributed by atoms with Gasteiger partial charge < -0.3 is 0 Å². The van der Waals surface area contributed by atoms with Crippen molar-refractivity contribution in [1.29, 1.82) is 0 Å². The summed E-state index contributed by atoms with van der Waals surface area (Å²) in [5.74, 6) is 0.825. The summed E-state index contributed by atoms with van der Waals surface area (Å²) in [6.45, 7) is 2.03. The van der Waals surface area contributed by atoms with Crippen LogP contribution in [0.3, 0.4) is 0 Å². The van der Waals surface area contributed by atoms with Crippen molar-refractivity contribution < 1.29 is 0 Å². The number of hydrogen-bond donors (Lipinski definition) is 1. The van der Waals surface area contributed by atoms with Gasteiger partial charge in [-0.05, 0) is 42.2 Å². The molecule has 0 saturated heterocycles. The molecule has 18 heavy (non-hydrogen) atoms. The van der Waals surface area contributed by atoms with Crippen LogP contribution in [0.25, 0.3) is 16.4 Å². The van der Waals surface area contributed by atoms with E-state index in [4.69, 9.17) is 12.2 Å². The monoisotopic (exact) mass is 274 g/mol. The van der Waals surface area contributed by atoms with E-state index in [1.807, 2.05) is 35.1 Å². The highest BCUT2D eigenvalue weighted by Crippen LogP contribution is 2.26. The fraction of sp³-hybridized carbons (Fsp3) is 0.0833. The highest BCUT2D eigenvalue weighted by Gasteiger charge is 2.12. The predicted octanol–water partition coefficient (Wildman–Crippen LogP) is 3.36. The summed E-state index contributed by atoms with van der Waals surface area (Å²) in [5, 5.41) is 9.17. The van der Waals surface area contributed by atoms with Gasteiger partial charge in [-0.2, -0.15) is 5.10 Å². The van der Waals surface area contributed by atoms with Gasteiger partial charge in [-0.3, -0.25) is 14.6 Å². The molecule has 3 rings (SSSR count). The normalized spacial score (nSPS) is 10.7. The van der Waals surface area contributed by atoms with Crippen molar-refractivity contribution in [2.24, 2.45) is 0 Å². The minimum atomic E-state index is 0.578. The first kappa shape index (κ1) is 11.3. The van der Waals surface area contributed by atoms with E-state index in [9.17, 15) is 0 Å². The minimum absolute atomic E-state index is 0.578. The lowest BCUT2D eigenvalue weighted by Crippen LogP contribution is -2.00. The lowest BCUT2D eigenvalue weighted by molar-refractivity contribution is 1.01. The largest absolute Gasteiger partial charge is 0.266 e. The molecular formula is C12H10N4S2. The van der Waals surface area contributed by atoms with Crippen LogP contribution in [-0.2, 0) is 0 Å². The number of nitrogens with zero attached hydrogens (tertiary/aromatic N) is 3.